The fourth-order valence-corrected chi connectivity index (χ4v) is 3.29. The molecule has 1 amide bonds. The van der Waals surface area contributed by atoms with Gasteiger partial charge in [-0.2, -0.15) is 0 Å². The summed E-state index contributed by atoms with van der Waals surface area (Å²) in [5, 5.41) is 0.547. The third-order valence-electron chi connectivity index (χ3n) is 3.66. The summed E-state index contributed by atoms with van der Waals surface area (Å²) in [6, 6.07) is 9.63. The van der Waals surface area contributed by atoms with E-state index in [0.29, 0.717) is 35.1 Å². The minimum Gasteiger partial charge on any atom is -0.375 e. The number of nitrogen functional groups attached to an aromatic ring is 1. The van der Waals surface area contributed by atoms with E-state index < -0.39 is 5.91 Å². The van der Waals surface area contributed by atoms with Gasteiger partial charge in [0.25, 0.3) is 5.91 Å². The third-order valence-corrected chi connectivity index (χ3v) is 4.71. The molecule has 4 N–H and O–H groups in total. The third kappa shape index (κ3) is 3.41. The summed E-state index contributed by atoms with van der Waals surface area (Å²) in [6.07, 6.45) is 2.77. The first kappa shape index (κ1) is 16.1. The maximum absolute atomic E-state index is 11.7. The van der Waals surface area contributed by atoms with Gasteiger partial charge in [0.05, 0.1) is 17.0 Å². The van der Waals surface area contributed by atoms with E-state index in [9.17, 15) is 4.79 Å². The van der Waals surface area contributed by atoms with E-state index in [4.69, 9.17) is 11.5 Å². The maximum Gasteiger partial charge on any atom is 0.252 e. The monoisotopic (exact) mass is 339 g/mol. The van der Waals surface area contributed by atoms with Crippen LogP contribution in [-0.2, 0) is 12.8 Å². The highest BCUT2D eigenvalue weighted by Gasteiger charge is 2.14. The van der Waals surface area contributed by atoms with Crippen LogP contribution in [0.4, 0.5) is 5.13 Å². The van der Waals surface area contributed by atoms with Crippen molar-refractivity contribution >= 4 is 22.4 Å². The van der Waals surface area contributed by atoms with E-state index in [1.54, 1.807) is 0 Å². The molecule has 0 unspecified atom stereocenters. The van der Waals surface area contributed by atoms with Gasteiger partial charge in [0.15, 0.2) is 11.0 Å². The van der Waals surface area contributed by atoms with Crippen molar-refractivity contribution in [2.75, 3.05) is 5.73 Å². The van der Waals surface area contributed by atoms with Crippen LogP contribution in [0.1, 0.15) is 26.6 Å². The molecule has 122 valence electrons. The van der Waals surface area contributed by atoms with Crippen molar-refractivity contribution in [1.82, 2.24) is 15.0 Å². The fraction of sp³-hybridized carbons (Fsp3) is 0.176. The van der Waals surface area contributed by atoms with Crippen LogP contribution in [0.25, 0.3) is 11.4 Å². The molecule has 3 rings (SSSR count). The molecule has 0 atom stereocenters. The highest BCUT2D eigenvalue weighted by Crippen LogP contribution is 2.23. The first-order valence-corrected chi connectivity index (χ1v) is 8.29. The maximum atomic E-state index is 11.7. The molecule has 3 aromatic rings. The number of aryl methyl sites for hydroxylation is 3. The molecule has 0 spiro atoms. The zero-order chi connectivity index (χ0) is 17.1. The van der Waals surface area contributed by atoms with Crippen molar-refractivity contribution in [2.24, 2.45) is 5.73 Å². The molecule has 0 bridgehead atoms. The number of nitrogens with two attached hydrogens (primary N) is 2. The first-order chi connectivity index (χ1) is 11.5. The summed E-state index contributed by atoms with van der Waals surface area (Å²) in [5.74, 6) is 0.0568. The van der Waals surface area contributed by atoms with Gasteiger partial charge < -0.3 is 11.5 Å². The second-order valence-electron chi connectivity index (χ2n) is 5.34. The molecule has 1 aromatic carbocycles. The van der Waals surface area contributed by atoms with E-state index in [0.717, 1.165) is 16.1 Å². The lowest BCUT2D eigenvalue weighted by Crippen LogP contribution is -2.16. The van der Waals surface area contributed by atoms with Crippen LogP contribution in [-0.4, -0.2) is 20.9 Å². The van der Waals surface area contributed by atoms with Crippen LogP contribution < -0.4 is 11.5 Å². The molecule has 6 nitrogen and oxygen atoms in total. The Kier molecular flexibility index (Phi) is 4.52. The number of anilines is 1. The average Bonchev–Trinajstić information content (AvgIpc) is 2.91. The van der Waals surface area contributed by atoms with Gasteiger partial charge in [-0.15, -0.1) is 11.3 Å². The Morgan fingerprint density at radius 2 is 1.92 bits per heavy atom. The van der Waals surface area contributed by atoms with Gasteiger partial charge >= 0.3 is 0 Å². The Labute approximate surface area is 143 Å². The molecule has 0 saturated heterocycles. The standard InChI is InChI=1S/C17H17N5OS/c1-10-14(24-17(19)21-10)8-7-13-12(15(18)23)9-20-16(22-13)11-5-3-2-4-6-11/h2-6,9H,7-8H2,1H3,(H2,18,23)(H2,19,21). The highest BCUT2D eigenvalue weighted by molar-refractivity contribution is 7.15. The number of hydrogen-bond acceptors (Lipinski definition) is 6. The molecular formula is C17H17N5OS. The lowest BCUT2D eigenvalue weighted by molar-refractivity contribution is 0.0998. The Hall–Kier alpha value is -2.80. The van der Waals surface area contributed by atoms with Gasteiger partial charge in [-0.1, -0.05) is 30.3 Å². The Balaban J connectivity index is 1.92. The molecule has 2 aromatic heterocycles. The topological polar surface area (TPSA) is 108 Å². The van der Waals surface area contributed by atoms with Gasteiger partial charge in [-0.25, -0.2) is 15.0 Å². The SMILES string of the molecule is Cc1nc(N)sc1CCc1nc(-c2ccccc2)ncc1C(N)=O. The Morgan fingerprint density at radius 3 is 2.54 bits per heavy atom. The number of primary amides is 1. The Morgan fingerprint density at radius 1 is 1.17 bits per heavy atom. The van der Waals surface area contributed by atoms with Crippen LogP contribution >= 0.6 is 11.3 Å². The zero-order valence-corrected chi connectivity index (χ0v) is 14.0. The van der Waals surface area contributed by atoms with Crippen LogP contribution in [0.2, 0.25) is 0 Å². The number of carbonyl (C=O) groups is 1. The largest absolute Gasteiger partial charge is 0.375 e. The molecule has 0 radical (unpaired) electrons. The number of carbonyl (C=O) groups excluding carboxylic acids is 1. The van der Waals surface area contributed by atoms with Crippen LogP contribution in [0.5, 0.6) is 0 Å². The summed E-state index contributed by atoms with van der Waals surface area (Å²) in [5.41, 5.74) is 14.0. The highest BCUT2D eigenvalue weighted by atomic mass is 32.1. The van der Waals surface area contributed by atoms with Crippen LogP contribution in [0.3, 0.4) is 0 Å². The van der Waals surface area contributed by atoms with E-state index in [-0.39, 0.29) is 0 Å². The predicted octanol–water partition coefficient (Wildman–Crippen LogP) is 2.37. The Bertz CT molecular complexity index is 876. The second kappa shape index (κ2) is 6.76. The van der Waals surface area contributed by atoms with E-state index in [2.05, 4.69) is 15.0 Å². The smallest absolute Gasteiger partial charge is 0.252 e. The molecule has 0 aliphatic heterocycles. The van der Waals surface area contributed by atoms with Crippen molar-refractivity contribution in [3.8, 4) is 11.4 Å². The van der Waals surface area contributed by atoms with Gasteiger partial charge in [-0.3, -0.25) is 4.79 Å². The van der Waals surface area contributed by atoms with Gasteiger partial charge in [0.1, 0.15) is 0 Å². The van der Waals surface area contributed by atoms with Crippen molar-refractivity contribution in [2.45, 2.75) is 19.8 Å². The second-order valence-corrected chi connectivity index (χ2v) is 6.46. The van der Waals surface area contributed by atoms with Gasteiger partial charge in [0.2, 0.25) is 0 Å². The molecule has 0 aliphatic rings. The first-order valence-electron chi connectivity index (χ1n) is 7.47. The molecule has 0 fully saturated rings. The summed E-state index contributed by atoms with van der Waals surface area (Å²) >= 11 is 1.46. The van der Waals surface area contributed by atoms with Gasteiger partial charge in [-0.05, 0) is 19.8 Å². The lowest BCUT2D eigenvalue weighted by Gasteiger charge is -2.08. The zero-order valence-electron chi connectivity index (χ0n) is 13.2. The van der Waals surface area contributed by atoms with Crippen LogP contribution in [0.15, 0.2) is 36.5 Å². The molecule has 24 heavy (non-hydrogen) atoms. The quantitative estimate of drug-likeness (QED) is 0.742. The summed E-state index contributed by atoms with van der Waals surface area (Å²) in [4.78, 5) is 25.8. The van der Waals surface area contributed by atoms with Gasteiger partial charge in [0, 0.05) is 16.6 Å². The summed E-state index contributed by atoms with van der Waals surface area (Å²) in [6.45, 7) is 1.92. The molecule has 0 saturated carbocycles. The number of aromatic nitrogens is 3. The van der Waals surface area contributed by atoms with E-state index >= 15 is 0 Å². The molecule has 2 heterocycles. The number of rotatable bonds is 5. The normalized spacial score (nSPS) is 10.7. The molecule has 7 heteroatoms. The number of thiazole rings is 1. The van der Waals surface area contributed by atoms with Crippen molar-refractivity contribution in [1.29, 1.82) is 0 Å². The predicted molar refractivity (Wildman–Crippen MR) is 94.7 cm³/mol. The van der Waals surface area contributed by atoms with Crippen molar-refractivity contribution < 1.29 is 4.79 Å². The summed E-state index contributed by atoms with van der Waals surface area (Å²) < 4.78 is 0. The summed E-state index contributed by atoms with van der Waals surface area (Å²) in [7, 11) is 0. The fourth-order valence-electron chi connectivity index (χ4n) is 2.45. The lowest BCUT2D eigenvalue weighted by atomic mass is 10.1. The molecular weight excluding hydrogens is 322 g/mol. The number of nitrogens with zero attached hydrogens (tertiary/aromatic N) is 3. The minimum atomic E-state index is -0.523. The van der Waals surface area contributed by atoms with Crippen molar-refractivity contribution in [3.05, 3.63) is 58.4 Å². The number of hydrogen-bond donors (Lipinski definition) is 2. The van der Waals surface area contributed by atoms with E-state index in [1.165, 1.54) is 17.5 Å². The average molecular weight is 339 g/mol. The number of benzene rings is 1. The minimum absolute atomic E-state index is 0.352. The van der Waals surface area contributed by atoms with E-state index in [1.807, 2.05) is 37.3 Å². The van der Waals surface area contributed by atoms with Crippen molar-refractivity contribution in [3.63, 3.8) is 0 Å². The number of amides is 1. The van der Waals surface area contributed by atoms with Crippen LogP contribution in [0, 0.1) is 6.92 Å². The molecule has 0 aliphatic carbocycles.